The van der Waals surface area contributed by atoms with Crippen LogP contribution in [0.4, 0.5) is 5.69 Å². The topological polar surface area (TPSA) is 47.6 Å². The summed E-state index contributed by atoms with van der Waals surface area (Å²) in [5.74, 6) is 1.20. The number of hydrogen-bond donors (Lipinski definition) is 1. The number of carbonyl (C=O) groups is 1. The van der Waals surface area contributed by atoms with Gasteiger partial charge in [0, 0.05) is 28.3 Å². The average Bonchev–Trinajstić information content (AvgIpc) is 2.60. The number of ether oxygens (including phenoxy) is 2. The van der Waals surface area contributed by atoms with Gasteiger partial charge in [0.15, 0.2) is 0 Å². The third kappa shape index (κ3) is 4.55. The van der Waals surface area contributed by atoms with Gasteiger partial charge in [-0.25, -0.2) is 0 Å². The Morgan fingerprint density at radius 3 is 2.58 bits per heavy atom. The van der Waals surface area contributed by atoms with Crippen LogP contribution in [0.15, 0.2) is 53.4 Å². The van der Waals surface area contributed by atoms with Crippen molar-refractivity contribution in [1.82, 2.24) is 0 Å². The molecule has 0 aliphatic rings. The average molecular weight is 343 g/mol. The fourth-order valence-electron chi connectivity index (χ4n) is 2.28. The molecule has 5 heteroatoms. The Morgan fingerprint density at radius 2 is 1.92 bits per heavy atom. The van der Waals surface area contributed by atoms with Gasteiger partial charge < -0.3 is 14.8 Å². The molecule has 0 spiro atoms. The van der Waals surface area contributed by atoms with Crippen molar-refractivity contribution in [3.05, 3.63) is 54.1 Å². The molecule has 0 saturated heterocycles. The molecule has 0 fully saturated rings. The molecule has 0 heterocycles. The molecule has 0 aromatic heterocycles. The van der Waals surface area contributed by atoms with E-state index in [9.17, 15) is 4.79 Å². The smallest absolute Gasteiger partial charge is 0.248 e. The lowest BCUT2D eigenvalue weighted by atomic mass is 10.1. The summed E-state index contributed by atoms with van der Waals surface area (Å²) in [5, 5.41) is 2.88. The quantitative estimate of drug-likeness (QED) is 0.621. The summed E-state index contributed by atoms with van der Waals surface area (Å²) in [6, 6.07) is 13.3. The Kier molecular flexibility index (Phi) is 6.32. The number of methoxy groups -OCH3 is 2. The van der Waals surface area contributed by atoms with Crippen LogP contribution >= 0.6 is 11.8 Å². The van der Waals surface area contributed by atoms with Crippen molar-refractivity contribution in [2.24, 2.45) is 0 Å². The number of rotatable bonds is 6. The maximum Gasteiger partial charge on any atom is 0.248 e. The van der Waals surface area contributed by atoms with Gasteiger partial charge in [-0.2, -0.15) is 0 Å². The number of allylic oxidation sites excluding steroid dienone is 1. The van der Waals surface area contributed by atoms with Gasteiger partial charge in [-0.15, -0.1) is 11.8 Å². The number of carbonyl (C=O) groups excluding carboxylic acids is 1. The fourth-order valence-corrected chi connectivity index (χ4v) is 2.74. The normalized spacial score (nSPS) is 11.1. The van der Waals surface area contributed by atoms with E-state index in [2.05, 4.69) is 5.32 Å². The van der Waals surface area contributed by atoms with Gasteiger partial charge in [-0.05, 0) is 49.1 Å². The predicted molar refractivity (Wildman–Crippen MR) is 100 cm³/mol. The first-order valence-corrected chi connectivity index (χ1v) is 8.65. The highest BCUT2D eigenvalue weighted by atomic mass is 32.2. The molecule has 0 saturated carbocycles. The van der Waals surface area contributed by atoms with Crippen LogP contribution in [-0.2, 0) is 4.79 Å². The zero-order valence-corrected chi connectivity index (χ0v) is 15.1. The van der Waals surface area contributed by atoms with Crippen molar-refractivity contribution in [3.63, 3.8) is 0 Å². The lowest BCUT2D eigenvalue weighted by molar-refractivity contribution is -0.111. The minimum atomic E-state index is -0.177. The molecule has 0 bridgehead atoms. The van der Waals surface area contributed by atoms with Crippen molar-refractivity contribution in [1.29, 1.82) is 0 Å². The van der Waals surface area contributed by atoms with Crippen molar-refractivity contribution in [3.8, 4) is 11.5 Å². The highest BCUT2D eigenvalue weighted by molar-refractivity contribution is 7.98. The fraction of sp³-hybridized carbons (Fsp3) is 0.211. The Balaban J connectivity index is 2.19. The molecule has 0 aliphatic carbocycles. The first kappa shape index (κ1) is 17.9. The molecule has 126 valence electrons. The highest BCUT2D eigenvalue weighted by Crippen LogP contribution is 2.30. The summed E-state index contributed by atoms with van der Waals surface area (Å²) in [6.07, 6.45) is 3.57. The number of nitrogens with one attached hydrogen (secondary N) is 1. The number of anilines is 1. The molecule has 0 aliphatic heterocycles. The minimum absolute atomic E-state index is 0.177. The first-order valence-electron chi connectivity index (χ1n) is 7.43. The van der Waals surface area contributed by atoms with E-state index >= 15 is 0 Å². The third-order valence-electron chi connectivity index (χ3n) is 3.52. The molecule has 1 N–H and O–H groups in total. The largest absolute Gasteiger partial charge is 0.497 e. The molecule has 2 aromatic carbocycles. The molecule has 2 aromatic rings. The summed E-state index contributed by atoms with van der Waals surface area (Å²) >= 11 is 1.63. The van der Waals surface area contributed by atoms with Crippen LogP contribution < -0.4 is 14.8 Å². The van der Waals surface area contributed by atoms with Crippen LogP contribution in [-0.4, -0.2) is 26.4 Å². The molecule has 2 rings (SSSR count). The van der Waals surface area contributed by atoms with E-state index in [-0.39, 0.29) is 5.91 Å². The van der Waals surface area contributed by atoms with Crippen LogP contribution in [0.2, 0.25) is 0 Å². The SMILES string of the molecule is COc1ccc(/C(C)=C/C(=O)Nc2cccc(SC)c2)c(OC)c1. The van der Waals surface area contributed by atoms with Gasteiger partial charge in [0.25, 0.3) is 0 Å². The van der Waals surface area contributed by atoms with E-state index in [1.165, 1.54) is 0 Å². The monoisotopic (exact) mass is 343 g/mol. The van der Waals surface area contributed by atoms with Crippen molar-refractivity contribution in [2.75, 3.05) is 25.8 Å². The second kappa shape index (κ2) is 8.45. The summed E-state index contributed by atoms with van der Waals surface area (Å²) < 4.78 is 10.6. The number of hydrogen-bond acceptors (Lipinski definition) is 4. The Morgan fingerprint density at radius 1 is 1.12 bits per heavy atom. The van der Waals surface area contributed by atoms with E-state index in [4.69, 9.17) is 9.47 Å². The van der Waals surface area contributed by atoms with Crippen LogP contribution in [0.5, 0.6) is 11.5 Å². The molecular weight excluding hydrogens is 322 g/mol. The maximum atomic E-state index is 12.3. The van der Waals surface area contributed by atoms with Gasteiger partial charge in [-0.3, -0.25) is 4.79 Å². The summed E-state index contributed by atoms with van der Waals surface area (Å²) in [4.78, 5) is 13.4. The van der Waals surface area contributed by atoms with E-state index in [0.717, 1.165) is 21.7 Å². The van der Waals surface area contributed by atoms with Crippen molar-refractivity contribution < 1.29 is 14.3 Å². The lowest BCUT2D eigenvalue weighted by Crippen LogP contribution is -2.08. The molecule has 24 heavy (non-hydrogen) atoms. The van der Waals surface area contributed by atoms with Crippen molar-refractivity contribution in [2.45, 2.75) is 11.8 Å². The standard InChI is InChI=1S/C19H21NO3S/c1-13(17-9-8-15(22-2)12-18(17)23-3)10-19(21)20-14-6-5-7-16(11-14)24-4/h5-12H,1-4H3,(H,20,21)/b13-10+. The van der Waals surface area contributed by atoms with Gasteiger partial charge >= 0.3 is 0 Å². The second-order valence-electron chi connectivity index (χ2n) is 5.11. The Labute approximate surface area is 146 Å². The van der Waals surface area contributed by atoms with Gasteiger partial charge in [0.05, 0.1) is 14.2 Å². The molecule has 0 unspecified atom stereocenters. The van der Waals surface area contributed by atoms with E-state index < -0.39 is 0 Å². The Bertz CT molecular complexity index is 756. The van der Waals surface area contributed by atoms with Gasteiger partial charge in [0.1, 0.15) is 11.5 Å². The lowest BCUT2D eigenvalue weighted by Gasteiger charge is -2.11. The predicted octanol–water partition coefficient (Wildman–Crippen LogP) is 4.47. The summed E-state index contributed by atoms with van der Waals surface area (Å²) in [7, 11) is 3.20. The van der Waals surface area contributed by atoms with Crippen LogP contribution in [0, 0.1) is 0 Å². The minimum Gasteiger partial charge on any atom is -0.497 e. The second-order valence-corrected chi connectivity index (χ2v) is 5.99. The molecular formula is C19H21NO3S. The first-order chi connectivity index (χ1) is 11.6. The summed E-state index contributed by atoms with van der Waals surface area (Å²) in [6.45, 7) is 1.88. The van der Waals surface area contributed by atoms with Crippen molar-refractivity contribution >= 4 is 28.9 Å². The van der Waals surface area contributed by atoms with E-state index in [1.54, 1.807) is 38.1 Å². The van der Waals surface area contributed by atoms with Gasteiger partial charge in [-0.1, -0.05) is 6.07 Å². The van der Waals surface area contributed by atoms with Crippen LogP contribution in [0.3, 0.4) is 0 Å². The molecule has 0 radical (unpaired) electrons. The Hall–Kier alpha value is -2.40. The molecule has 1 amide bonds. The van der Waals surface area contributed by atoms with E-state index in [0.29, 0.717) is 11.5 Å². The zero-order chi connectivity index (χ0) is 17.5. The third-order valence-corrected chi connectivity index (χ3v) is 4.24. The molecule has 4 nitrogen and oxygen atoms in total. The highest BCUT2D eigenvalue weighted by Gasteiger charge is 2.09. The van der Waals surface area contributed by atoms with Gasteiger partial charge in [0.2, 0.25) is 5.91 Å². The summed E-state index contributed by atoms with van der Waals surface area (Å²) in [5.41, 5.74) is 2.44. The van der Waals surface area contributed by atoms with E-state index in [1.807, 2.05) is 49.6 Å². The van der Waals surface area contributed by atoms with Crippen LogP contribution in [0.1, 0.15) is 12.5 Å². The molecule has 0 atom stereocenters. The van der Waals surface area contributed by atoms with Crippen LogP contribution in [0.25, 0.3) is 5.57 Å². The number of thioether (sulfide) groups is 1. The zero-order valence-electron chi connectivity index (χ0n) is 14.3. The number of benzene rings is 2. The maximum absolute atomic E-state index is 12.3. The number of amides is 1.